The van der Waals surface area contributed by atoms with Crippen molar-refractivity contribution in [2.24, 2.45) is 10.2 Å². The Morgan fingerprint density at radius 3 is 1.29 bits per heavy atom. The maximum Gasteiger partial charge on any atom is 0.574 e. The van der Waals surface area contributed by atoms with E-state index in [0.29, 0.717) is 11.8 Å². The molecule has 0 atom stereocenters. The summed E-state index contributed by atoms with van der Waals surface area (Å²) in [5.41, 5.74) is 1.76. The largest absolute Gasteiger partial charge is 0.574 e. The summed E-state index contributed by atoms with van der Waals surface area (Å²) in [6.45, 7) is 0. The number of hydrazone groups is 2. The van der Waals surface area contributed by atoms with E-state index in [1.807, 2.05) is 119 Å². The quantitative estimate of drug-likeness (QED) is 0.249. The minimum absolute atomic E-state index is 0.501. The third-order valence-corrected chi connectivity index (χ3v) is 5.57. The fraction of sp³-hybridized carbons (Fsp3) is 0.167. The molecule has 3 rings (SSSR count). The van der Waals surface area contributed by atoms with Crippen LogP contribution in [0.1, 0.15) is 11.1 Å². The van der Waals surface area contributed by atoms with Crippen LogP contribution >= 0.6 is 0 Å². The van der Waals surface area contributed by atoms with E-state index in [9.17, 15) is 0 Å². The molecule has 0 unspecified atom stereocenters. The molecule has 0 spiro atoms. The molecule has 159 valence electrons. The smallest absolute Gasteiger partial charge is 0.491 e. The van der Waals surface area contributed by atoms with Gasteiger partial charge >= 0.3 is 9.28 Å². The first-order valence-electron chi connectivity index (χ1n) is 9.93. The van der Waals surface area contributed by atoms with Crippen molar-refractivity contribution in [3.05, 3.63) is 102 Å². The molecule has 0 bridgehead atoms. The number of benzene rings is 3. The van der Waals surface area contributed by atoms with Crippen molar-refractivity contribution >= 4 is 26.3 Å². The second-order valence-electron chi connectivity index (χ2n) is 7.09. The van der Waals surface area contributed by atoms with Gasteiger partial charge < -0.3 is 8.85 Å². The van der Waals surface area contributed by atoms with Crippen LogP contribution in [0.5, 0.6) is 0 Å². The van der Waals surface area contributed by atoms with Crippen LogP contribution in [0.2, 0.25) is 0 Å². The topological polar surface area (TPSA) is 49.7 Å². The van der Waals surface area contributed by atoms with E-state index in [4.69, 9.17) is 8.85 Å². The first-order valence-corrected chi connectivity index (χ1v) is 11.3. The second-order valence-corrected chi connectivity index (χ2v) is 8.65. The lowest BCUT2D eigenvalue weighted by Gasteiger charge is -2.21. The van der Waals surface area contributed by atoms with Crippen LogP contribution in [0.15, 0.2) is 101 Å². The minimum Gasteiger partial charge on any atom is -0.491 e. The zero-order valence-electron chi connectivity index (χ0n) is 18.3. The van der Waals surface area contributed by atoms with E-state index in [2.05, 4.69) is 10.2 Å². The van der Waals surface area contributed by atoms with Crippen molar-refractivity contribution in [2.75, 3.05) is 28.2 Å². The van der Waals surface area contributed by atoms with Gasteiger partial charge in [0.25, 0.3) is 0 Å². The highest BCUT2D eigenvalue weighted by Crippen LogP contribution is 2.10. The van der Waals surface area contributed by atoms with Gasteiger partial charge in [0.15, 0.2) is 0 Å². The predicted molar refractivity (Wildman–Crippen MR) is 127 cm³/mol. The van der Waals surface area contributed by atoms with Crippen LogP contribution in [0.25, 0.3) is 0 Å². The number of rotatable bonds is 7. The minimum atomic E-state index is -2.02. The van der Waals surface area contributed by atoms with Gasteiger partial charge in [0, 0.05) is 44.5 Å². The lowest BCUT2D eigenvalue weighted by molar-refractivity contribution is 0.375. The molecule has 31 heavy (non-hydrogen) atoms. The molecule has 0 amide bonds. The lowest BCUT2D eigenvalue weighted by Crippen LogP contribution is -2.41. The summed E-state index contributed by atoms with van der Waals surface area (Å²) in [7, 11) is 5.45. The zero-order valence-corrected chi connectivity index (χ0v) is 19.3. The monoisotopic (exact) mass is 431 g/mol. The van der Waals surface area contributed by atoms with E-state index in [-0.39, 0.29) is 0 Å². The Bertz CT molecular complexity index is 930. The van der Waals surface area contributed by atoms with Crippen molar-refractivity contribution in [1.29, 1.82) is 0 Å². The van der Waals surface area contributed by atoms with Crippen molar-refractivity contribution in [1.82, 2.24) is 10.0 Å². The Kier molecular flexibility index (Phi) is 7.83. The summed E-state index contributed by atoms with van der Waals surface area (Å²) in [5.74, 6) is 1.00. The summed E-state index contributed by atoms with van der Waals surface area (Å²) in [6, 6.07) is 29.6. The van der Waals surface area contributed by atoms with E-state index in [0.717, 1.165) is 16.3 Å². The first kappa shape index (κ1) is 22.1. The van der Waals surface area contributed by atoms with Crippen LogP contribution in [0.4, 0.5) is 0 Å². The van der Waals surface area contributed by atoms with Gasteiger partial charge in [-0.15, -0.1) is 10.2 Å². The molecule has 0 aromatic heterocycles. The fourth-order valence-corrected chi connectivity index (χ4v) is 4.10. The Balaban J connectivity index is 2.00. The SMILES string of the molecule is CN(C)/N=C(/O[Si](O/C(=N/N(C)C)c1ccccc1)c1ccccc1)c1ccccc1. The summed E-state index contributed by atoms with van der Waals surface area (Å²) in [4.78, 5) is 0. The molecule has 0 N–H and O–H groups in total. The highest BCUT2D eigenvalue weighted by molar-refractivity contribution is 6.65. The van der Waals surface area contributed by atoms with E-state index in [1.165, 1.54) is 0 Å². The number of hydrogen-bond acceptors (Lipinski definition) is 6. The van der Waals surface area contributed by atoms with Gasteiger partial charge in [0.05, 0.1) is 0 Å². The van der Waals surface area contributed by atoms with Gasteiger partial charge in [-0.25, -0.2) is 0 Å². The van der Waals surface area contributed by atoms with Gasteiger partial charge in [-0.05, 0) is 24.3 Å². The molecule has 0 aliphatic rings. The normalized spacial score (nSPS) is 11.9. The van der Waals surface area contributed by atoms with Gasteiger partial charge in [-0.1, -0.05) is 66.7 Å². The molecule has 1 radical (unpaired) electrons. The molecule has 0 aliphatic carbocycles. The summed E-state index contributed by atoms with van der Waals surface area (Å²) in [5, 5.41) is 13.6. The molecule has 0 aliphatic heterocycles. The van der Waals surface area contributed by atoms with Crippen LogP contribution in [0, 0.1) is 0 Å². The Hall–Kier alpha value is -3.58. The maximum atomic E-state index is 6.46. The summed E-state index contributed by atoms with van der Waals surface area (Å²) < 4.78 is 12.9. The lowest BCUT2D eigenvalue weighted by atomic mass is 10.2. The molecule has 3 aromatic carbocycles. The van der Waals surface area contributed by atoms with Crippen molar-refractivity contribution in [3.8, 4) is 0 Å². The third kappa shape index (κ3) is 6.72. The molecule has 0 fully saturated rings. The highest BCUT2D eigenvalue weighted by Gasteiger charge is 2.29. The standard InChI is InChI=1S/C24H27N4O2Si/c1-27(2)25-23(20-14-8-5-9-15-20)29-31(22-18-12-7-13-19-22)30-24(26-28(3)4)21-16-10-6-11-17-21/h5-19H,1-4H3/b25-23+,26-24+. The van der Waals surface area contributed by atoms with E-state index in [1.54, 1.807) is 10.0 Å². The van der Waals surface area contributed by atoms with Gasteiger partial charge in [-0.3, -0.25) is 10.0 Å². The molecular formula is C24H27N4O2Si. The van der Waals surface area contributed by atoms with Gasteiger partial charge in [-0.2, -0.15) is 0 Å². The molecule has 7 heteroatoms. The second kappa shape index (κ2) is 11.0. The highest BCUT2D eigenvalue weighted by atomic mass is 28.3. The zero-order chi connectivity index (χ0) is 22.1. The first-order chi connectivity index (χ1) is 15.0. The molecule has 6 nitrogen and oxygen atoms in total. The van der Waals surface area contributed by atoms with Crippen molar-refractivity contribution in [3.63, 3.8) is 0 Å². The summed E-state index contributed by atoms with van der Waals surface area (Å²) >= 11 is 0. The predicted octanol–water partition coefficient (Wildman–Crippen LogP) is 3.26. The Morgan fingerprint density at radius 2 is 0.935 bits per heavy atom. The average Bonchev–Trinajstić information content (AvgIpc) is 2.78. The fourth-order valence-electron chi connectivity index (χ4n) is 2.69. The maximum absolute atomic E-state index is 6.46. The van der Waals surface area contributed by atoms with Crippen molar-refractivity contribution < 1.29 is 8.85 Å². The van der Waals surface area contributed by atoms with E-state index < -0.39 is 9.28 Å². The number of hydrogen-bond donors (Lipinski definition) is 0. The molecule has 0 saturated heterocycles. The number of nitrogens with zero attached hydrogens (tertiary/aromatic N) is 4. The molecule has 0 saturated carbocycles. The van der Waals surface area contributed by atoms with Gasteiger partial charge in [0.2, 0.25) is 11.8 Å². The van der Waals surface area contributed by atoms with Crippen LogP contribution in [-0.4, -0.2) is 59.3 Å². The average molecular weight is 432 g/mol. The van der Waals surface area contributed by atoms with Crippen LogP contribution in [-0.2, 0) is 8.85 Å². The van der Waals surface area contributed by atoms with Crippen LogP contribution in [0.3, 0.4) is 0 Å². The Labute approximate surface area is 185 Å². The van der Waals surface area contributed by atoms with Crippen molar-refractivity contribution in [2.45, 2.75) is 0 Å². The molecule has 3 aromatic rings. The summed E-state index contributed by atoms with van der Waals surface area (Å²) in [6.07, 6.45) is 0. The van der Waals surface area contributed by atoms with Gasteiger partial charge in [0.1, 0.15) is 0 Å². The Morgan fingerprint density at radius 1 is 0.581 bits per heavy atom. The molecule has 0 heterocycles. The molecular weight excluding hydrogens is 404 g/mol. The van der Waals surface area contributed by atoms with Crippen LogP contribution < -0.4 is 5.19 Å². The van der Waals surface area contributed by atoms with E-state index >= 15 is 0 Å². The third-order valence-electron chi connectivity index (χ3n) is 4.01.